The number of nitrogens with zero attached hydrogens (tertiary/aromatic N) is 2. The van der Waals surface area contributed by atoms with Crippen molar-refractivity contribution in [3.8, 4) is 11.5 Å². The zero-order valence-corrected chi connectivity index (χ0v) is 19.9. The van der Waals surface area contributed by atoms with Gasteiger partial charge in [0.05, 0.1) is 25.8 Å². The molecule has 188 valence electrons. The maximum Gasteiger partial charge on any atom is 0.422 e. The Hall–Kier alpha value is -2.80. The fourth-order valence-corrected chi connectivity index (χ4v) is 4.62. The summed E-state index contributed by atoms with van der Waals surface area (Å²) < 4.78 is 68.6. The highest BCUT2D eigenvalue weighted by Crippen LogP contribution is 2.47. The average molecular weight is 522 g/mol. The van der Waals surface area contributed by atoms with Gasteiger partial charge in [-0.05, 0) is 18.2 Å². The number of rotatable bonds is 6. The summed E-state index contributed by atoms with van der Waals surface area (Å²) in [6.45, 7) is -0.805. The molecule has 0 saturated carbocycles. The van der Waals surface area contributed by atoms with Crippen LogP contribution in [0.2, 0.25) is 5.02 Å². The van der Waals surface area contributed by atoms with E-state index in [1.54, 1.807) is 30.3 Å². The molecular formula is C23H20BClF3N3O5. The Bertz CT molecular complexity index is 1300. The molecule has 2 fully saturated rings. The highest BCUT2D eigenvalue weighted by atomic mass is 35.5. The molecule has 1 N–H and O–H groups in total. The lowest BCUT2D eigenvalue weighted by Crippen LogP contribution is -2.56. The summed E-state index contributed by atoms with van der Waals surface area (Å²) in [5.74, 6) is 1.07. The van der Waals surface area contributed by atoms with E-state index >= 15 is 0 Å². The van der Waals surface area contributed by atoms with Gasteiger partial charge in [-0.25, -0.2) is 9.97 Å². The van der Waals surface area contributed by atoms with Crippen molar-refractivity contribution in [3.05, 3.63) is 41.7 Å². The van der Waals surface area contributed by atoms with Gasteiger partial charge in [-0.1, -0.05) is 23.1 Å². The molecule has 2 aromatic carbocycles. The summed E-state index contributed by atoms with van der Waals surface area (Å²) in [7, 11) is 8.22. The number of nitrogens with one attached hydrogen (secondary N) is 1. The van der Waals surface area contributed by atoms with Crippen LogP contribution < -0.4 is 20.3 Å². The lowest BCUT2D eigenvalue weighted by atomic mass is 9.95. The van der Waals surface area contributed by atoms with Crippen LogP contribution in [0.1, 0.15) is 0 Å². The molecule has 0 amide bonds. The molecule has 3 aromatic rings. The number of hydrogen-bond acceptors (Lipinski definition) is 8. The molecule has 36 heavy (non-hydrogen) atoms. The predicted octanol–water partition coefficient (Wildman–Crippen LogP) is 3.32. The second-order valence-corrected chi connectivity index (χ2v) is 8.79. The van der Waals surface area contributed by atoms with Crippen LogP contribution in [0.3, 0.4) is 0 Å². The van der Waals surface area contributed by atoms with Crippen LogP contribution in [0.4, 0.5) is 24.7 Å². The van der Waals surface area contributed by atoms with E-state index in [0.29, 0.717) is 38.6 Å². The zero-order chi connectivity index (χ0) is 25.7. The maximum atomic E-state index is 13.8. The smallest absolute Gasteiger partial charge is 0.422 e. The van der Waals surface area contributed by atoms with Gasteiger partial charge in [0.2, 0.25) is 5.60 Å². The van der Waals surface area contributed by atoms with Crippen molar-refractivity contribution >= 4 is 47.3 Å². The Morgan fingerprint density at radius 1 is 1.14 bits per heavy atom. The minimum atomic E-state index is -4.67. The van der Waals surface area contributed by atoms with Crippen molar-refractivity contribution in [1.29, 1.82) is 0 Å². The van der Waals surface area contributed by atoms with Crippen LogP contribution in [0, 0.1) is 0 Å². The molecule has 1 aromatic heterocycles. The van der Waals surface area contributed by atoms with Gasteiger partial charge < -0.3 is 29.0 Å². The van der Waals surface area contributed by atoms with Crippen molar-refractivity contribution in [2.75, 3.05) is 32.8 Å². The van der Waals surface area contributed by atoms with Gasteiger partial charge in [-0.2, -0.15) is 13.2 Å². The topological polar surface area (TPSA) is 84.0 Å². The number of alkyl halides is 3. The Labute approximate surface area is 210 Å². The SMILES string of the molecule is [B]c1ccc(Nc2ncnc3cc(O[C@@H]4COC5C4OC[C@@]5(OC)C(F)(F)F)c(OC)cc23)cc1Cl. The third kappa shape index (κ3) is 4.11. The van der Waals surface area contributed by atoms with Crippen LogP contribution >= 0.6 is 11.6 Å². The molecular weight excluding hydrogens is 502 g/mol. The molecule has 2 unspecified atom stereocenters. The molecule has 13 heteroatoms. The van der Waals surface area contributed by atoms with Crippen LogP contribution in [-0.4, -0.2) is 75.3 Å². The van der Waals surface area contributed by atoms with Gasteiger partial charge in [0, 0.05) is 29.3 Å². The third-order valence-corrected chi connectivity index (χ3v) is 6.69. The fourth-order valence-electron chi connectivity index (χ4n) is 4.43. The average Bonchev–Trinajstić information content (AvgIpc) is 3.42. The Balaban J connectivity index is 1.43. The minimum Gasteiger partial charge on any atom is -0.493 e. The van der Waals surface area contributed by atoms with Crippen molar-refractivity contribution in [1.82, 2.24) is 9.97 Å². The van der Waals surface area contributed by atoms with Gasteiger partial charge in [0.15, 0.2) is 17.6 Å². The standard InChI is InChI=1S/C23H20BClF3N3O5/c1-32-16-6-12-15(29-10-30-21(12)31-11-3-4-13(24)14(25)5-11)7-17(16)36-18-8-34-20-19(18)35-9-22(20,33-2)23(26,27)28/h3-7,10,18-20H,8-9H2,1-2H3,(H,29,30,31)/t18-,19?,20?,22+/m1/s1. The molecule has 2 aliphatic heterocycles. The highest BCUT2D eigenvalue weighted by Gasteiger charge is 2.70. The molecule has 0 bridgehead atoms. The predicted molar refractivity (Wildman–Crippen MR) is 126 cm³/mol. The first-order chi connectivity index (χ1) is 17.2. The maximum absolute atomic E-state index is 13.8. The van der Waals surface area contributed by atoms with E-state index in [4.69, 9.17) is 43.1 Å². The van der Waals surface area contributed by atoms with E-state index in [0.717, 1.165) is 7.11 Å². The molecule has 2 aliphatic rings. The number of methoxy groups -OCH3 is 2. The summed E-state index contributed by atoms with van der Waals surface area (Å²) in [5, 5.41) is 4.17. The lowest BCUT2D eigenvalue weighted by molar-refractivity contribution is -0.291. The molecule has 8 nitrogen and oxygen atoms in total. The van der Waals surface area contributed by atoms with E-state index < -0.39 is 36.7 Å². The molecule has 5 rings (SSSR count). The van der Waals surface area contributed by atoms with E-state index in [9.17, 15) is 13.2 Å². The number of benzene rings is 2. The summed E-state index contributed by atoms with van der Waals surface area (Å²) in [4.78, 5) is 8.60. The summed E-state index contributed by atoms with van der Waals surface area (Å²) in [6, 6.07) is 8.37. The van der Waals surface area contributed by atoms with E-state index in [2.05, 4.69) is 15.3 Å². The number of halogens is 4. The van der Waals surface area contributed by atoms with Crippen LogP contribution in [0.5, 0.6) is 11.5 Å². The number of hydrogen-bond donors (Lipinski definition) is 1. The fraction of sp³-hybridized carbons (Fsp3) is 0.391. The van der Waals surface area contributed by atoms with Crippen molar-refractivity contribution < 1.29 is 36.9 Å². The van der Waals surface area contributed by atoms with E-state index in [1.807, 2.05) is 0 Å². The van der Waals surface area contributed by atoms with Crippen LogP contribution in [0.15, 0.2) is 36.7 Å². The third-order valence-electron chi connectivity index (χ3n) is 6.36. The quantitative estimate of drug-likeness (QED) is 0.495. The van der Waals surface area contributed by atoms with Gasteiger partial charge in [0.25, 0.3) is 0 Å². The molecule has 3 heterocycles. The van der Waals surface area contributed by atoms with Crippen molar-refractivity contribution in [2.45, 2.75) is 30.1 Å². The first kappa shape index (κ1) is 24.9. The molecule has 0 aliphatic carbocycles. The van der Waals surface area contributed by atoms with E-state index in [1.165, 1.54) is 13.4 Å². The van der Waals surface area contributed by atoms with Gasteiger partial charge in [-0.15, -0.1) is 0 Å². The Morgan fingerprint density at radius 3 is 2.64 bits per heavy atom. The van der Waals surface area contributed by atoms with E-state index in [-0.39, 0.29) is 12.4 Å². The molecule has 2 saturated heterocycles. The lowest BCUT2D eigenvalue weighted by Gasteiger charge is -2.32. The number of ether oxygens (including phenoxy) is 5. The van der Waals surface area contributed by atoms with Crippen molar-refractivity contribution in [2.24, 2.45) is 0 Å². The molecule has 2 radical (unpaired) electrons. The number of anilines is 2. The Kier molecular flexibility index (Phi) is 6.40. The first-order valence-corrected chi connectivity index (χ1v) is 11.2. The Morgan fingerprint density at radius 2 is 1.94 bits per heavy atom. The summed E-state index contributed by atoms with van der Waals surface area (Å²) in [5.41, 5.74) is -0.941. The van der Waals surface area contributed by atoms with Gasteiger partial charge in [-0.3, -0.25) is 0 Å². The molecule has 0 spiro atoms. The first-order valence-electron chi connectivity index (χ1n) is 10.8. The normalized spacial score (nSPS) is 25.7. The second kappa shape index (κ2) is 9.26. The molecule has 4 atom stereocenters. The second-order valence-electron chi connectivity index (χ2n) is 8.38. The van der Waals surface area contributed by atoms with Gasteiger partial charge >= 0.3 is 6.18 Å². The number of fused-ring (bicyclic) bond motifs is 2. The van der Waals surface area contributed by atoms with Crippen molar-refractivity contribution in [3.63, 3.8) is 0 Å². The highest BCUT2D eigenvalue weighted by molar-refractivity contribution is 6.45. The largest absolute Gasteiger partial charge is 0.493 e. The van der Waals surface area contributed by atoms with Gasteiger partial charge in [0.1, 0.15) is 32.2 Å². The number of aromatic nitrogens is 2. The minimum absolute atomic E-state index is 0.119. The monoisotopic (exact) mass is 521 g/mol. The van der Waals surface area contributed by atoms with Crippen LogP contribution in [-0.2, 0) is 14.2 Å². The van der Waals surface area contributed by atoms with Crippen LogP contribution in [0.25, 0.3) is 10.9 Å². The zero-order valence-electron chi connectivity index (χ0n) is 19.1. The summed E-state index contributed by atoms with van der Waals surface area (Å²) >= 11 is 6.11. The summed E-state index contributed by atoms with van der Waals surface area (Å²) in [6.07, 6.45) is -6.47.